The summed E-state index contributed by atoms with van der Waals surface area (Å²) in [5.74, 6) is 0.0574. The second-order valence-electron chi connectivity index (χ2n) is 5.37. The van der Waals surface area contributed by atoms with Crippen LogP contribution in [0.25, 0.3) is 11.0 Å². The number of benzene rings is 1. The van der Waals surface area contributed by atoms with Gasteiger partial charge >= 0.3 is 0 Å². The van der Waals surface area contributed by atoms with E-state index < -0.39 is 0 Å². The van der Waals surface area contributed by atoms with Gasteiger partial charge in [0.25, 0.3) is 0 Å². The smallest absolute Gasteiger partial charge is 0.246 e. The molecule has 0 radical (unpaired) electrons. The van der Waals surface area contributed by atoms with Gasteiger partial charge in [0.15, 0.2) is 0 Å². The molecule has 1 aliphatic heterocycles. The van der Waals surface area contributed by atoms with Gasteiger partial charge in [-0.15, -0.1) is 0 Å². The van der Waals surface area contributed by atoms with Crippen molar-refractivity contribution in [3.63, 3.8) is 0 Å². The van der Waals surface area contributed by atoms with Crippen molar-refractivity contribution < 1.29 is 4.79 Å². The molecule has 1 aliphatic rings. The number of aromatic nitrogens is 2. The third kappa shape index (κ3) is 2.97. The Labute approximate surface area is 124 Å². The van der Waals surface area contributed by atoms with Crippen LogP contribution in [0.15, 0.2) is 41.7 Å². The van der Waals surface area contributed by atoms with Gasteiger partial charge in [-0.25, -0.2) is 4.98 Å². The third-order valence-electron chi connectivity index (χ3n) is 3.94. The molecule has 0 saturated carbocycles. The standard InChI is InChI=1S/C16H20N4O/c1-12(13-9-17-10-13)16(21)18-7-4-8-20-11-19-14-5-2-3-6-15(14)20/h2-3,5-6,11,17H,4,7-10H2,1H3,(H,18,21). The van der Waals surface area contributed by atoms with Crippen LogP contribution in [0.5, 0.6) is 0 Å². The van der Waals surface area contributed by atoms with Crippen LogP contribution in [0.2, 0.25) is 0 Å². The molecule has 1 aromatic carbocycles. The van der Waals surface area contributed by atoms with E-state index in [9.17, 15) is 4.79 Å². The highest BCUT2D eigenvalue weighted by molar-refractivity contribution is 5.93. The number of amides is 1. The molecule has 2 N–H and O–H groups in total. The number of rotatable bonds is 5. The molecule has 2 heterocycles. The van der Waals surface area contributed by atoms with E-state index in [0.29, 0.717) is 6.54 Å². The molecule has 5 nitrogen and oxygen atoms in total. The van der Waals surface area contributed by atoms with Crippen LogP contribution in [0.4, 0.5) is 0 Å². The van der Waals surface area contributed by atoms with Gasteiger partial charge in [-0.05, 0) is 31.1 Å². The largest absolute Gasteiger partial charge is 0.352 e. The van der Waals surface area contributed by atoms with Gasteiger partial charge in [-0.3, -0.25) is 4.79 Å². The Hall–Kier alpha value is -2.14. The molecular weight excluding hydrogens is 264 g/mol. The van der Waals surface area contributed by atoms with Crippen molar-refractivity contribution in [1.29, 1.82) is 0 Å². The zero-order valence-corrected chi connectivity index (χ0v) is 12.2. The average Bonchev–Trinajstić information content (AvgIpc) is 2.85. The Balaban J connectivity index is 1.49. The number of carbonyl (C=O) groups is 1. The molecule has 5 heteroatoms. The van der Waals surface area contributed by atoms with Crippen molar-refractivity contribution in [2.45, 2.75) is 19.9 Å². The number of aryl methyl sites for hydroxylation is 1. The maximum Gasteiger partial charge on any atom is 0.246 e. The molecule has 1 fully saturated rings. The van der Waals surface area contributed by atoms with Crippen LogP contribution < -0.4 is 10.6 Å². The predicted octanol–water partition coefficient (Wildman–Crippen LogP) is 1.46. The average molecular weight is 284 g/mol. The van der Waals surface area contributed by atoms with Gasteiger partial charge < -0.3 is 15.2 Å². The Morgan fingerprint density at radius 2 is 2.19 bits per heavy atom. The molecule has 0 atom stereocenters. The number of hydrogen-bond donors (Lipinski definition) is 2. The second-order valence-corrected chi connectivity index (χ2v) is 5.37. The molecular formula is C16H20N4O. The Kier molecular flexibility index (Phi) is 4.01. The molecule has 2 aromatic rings. The van der Waals surface area contributed by atoms with Crippen molar-refractivity contribution in [2.24, 2.45) is 0 Å². The summed E-state index contributed by atoms with van der Waals surface area (Å²) in [6, 6.07) is 8.09. The van der Waals surface area contributed by atoms with E-state index in [-0.39, 0.29) is 5.91 Å². The van der Waals surface area contributed by atoms with Crippen LogP contribution in [-0.2, 0) is 11.3 Å². The van der Waals surface area contributed by atoms with Crippen LogP contribution in [0, 0.1) is 0 Å². The Morgan fingerprint density at radius 1 is 1.38 bits per heavy atom. The number of nitrogens with zero attached hydrogens (tertiary/aromatic N) is 2. The number of imidazole rings is 1. The van der Waals surface area contributed by atoms with Crippen LogP contribution >= 0.6 is 0 Å². The highest BCUT2D eigenvalue weighted by Gasteiger charge is 2.15. The minimum absolute atomic E-state index is 0.0574. The lowest BCUT2D eigenvalue weighted by atomic mass is 10.0. The molecule has 0 aliphatic carbocycles. The Bertz CT molecular complexity index is 680. The third-order valence-corrected chi connectivity index (χ3v) is 3.94. The molecule has 1 amide bonds. The molecule has 3 rings (SSSR count). The SMILES string of the molecule is CC(C(=O)NCCCn1cnc2ccccc21)=C1CNC1. The second kappa shape index (κ2) is 6.10. The van der Waals surface area contributed by atoms with Gasteiger partial charge in [-0.2, -0.15) is 0 Å². The molecule has 21 heavy (non-hydrogen) atoms. The normalized spacial score (nSPS) is 14.0. The highest BCUT2D eigenvalue weighted by Crippen LogP contribution is 2.12. The van der Waals surface area contributed by atoms with E-state index in [1.165, 1.54) is 5.57 Å². The first kappa shape index (κ1) is 13.8. The lowest BCUT2D eigenvalue weighted by Gasteiger charge is -2.21. The van der Waals surface area contributed by atoms with Crippen molar-refractivity contribution in [2.75, 3.05) is 19.6 Å². The predicted molar refractivity (Wildman–Crippen MR) is 82.9 cm³/mol. The molecule has 0 spiro atoms. The molecule has 1 aromatic heterocycles. The van der Waals surface area contributed by atoms with E-state index in [1.807, 2.05) is 31.5 Å². The first-order valence-corrected chi connectivity index (χ1v) is 7.33. The summed E-state index contributed by atoms with van der Waals surface area (Å²) in [5, 5.41) is 6.14. The summed E-state index contributed by atoms with van der Waals surface area (Å²) in [7, 11) is 0. The summed E-state index contributed by atoms with van der Waals surface area (Å²) in [4.78, 5) is 16.3. The topological polar surface area (TPSA) is 59.0 Å². The zero-order chi connectivity index (χ0) is 14.7. The molecule has 1 saturated heterocycles. The monoisotopic (exact) mass is 284 g/mol. The maximum absolute atomic E-state index is 11.9. The quantitative estimate of drug-likeness (QED) is 0.645. The lowest BCUT2D eigenvalue weighted by molar-refractivity contribution is -0.117. The van der Waals surface area contributed by atoms with Gasteiger partial charge in [0, 0.05) is 31.8 Å². The van der Waals surface area contributed by atoms with E-state index in [1.54, 1.807) is 0 Å². The summed E-state index contributed by atoms with van der Waals surface area (Å²) >= 11 is 0. The van der Waals surface area contributed by atoms with Crippen LogP contribution in [-0.4, -0.2) is 35.1 Å². The summed E-state index contributed by atoms with van der Waals surface area (Å²) in [5.41, 5.74) is 4.23. The van der Waals surface area contributed by atoms with Crippen molar-refractivity contribution >= 4 is 16.9 Å². The zero-order valence-electron chi connectivity index (χ0n) is 12.2. The Morgan fingerprint density at radius 3 is 2.95 bits per heavy atom. The van der Waals surface area contributed by atoms with Gasteiger partial charge in [0.1, 0.15) is 0 Å². The number of hydrogen-bond acceptors (Lipinski definition) is 3. The number of para-hydroxylation sites is 2. The van der Waals surface area contributed by atoms with E-state index in [0.717, 1.165) is 42.7 Å². The van der Waals surface area contributed by atoms with Gasteiger partial charge in [0.05, 0.1) is 17.4 Å². The van der Waals surface area contributed by atoms with Gasteiger partial charge in [0.2, 0.25) is 5.91 Å². The van der Waals surface area contributed by atoms with Crippen LogP contribution in [0.3, 0.4) is 0 Å². The first-order valence-electron chi connectivity index (χ1n) is 7.33. The fraction of sp³-hybridized carbons (Fsp3) is 0.375. The lowest BCUT2D eigenvalue weighted by Crippen LogP contribution is -2.37. The van der Waals surface area contributed by atoms with E-state index in [4.69, 9.17) is 0 Å². The fourth-order valence-corrected chi connectivity index (χ4v) is 2.45. The summed E-state index contributed by atoms with van der Waals surface area (Å²) in [6.07, 6.45) is 2.76. The van der Waals surface area contributed by atoms with Crippen LogP contribution in [0.1, 0.15) is 13.3 Å². The minimum atomic E-state index is 0.0574. The number of carbonyl (C=O) groups excluding carboxylic acids is 1. The fourth-order valence-electron chi connectivity index (χ4n) is 2.45. The first-order chi connectivity index (χ1) is 10.3. The number of fused-ring (bicyclic) bond motifs is 1. The molecule has 0 bridgehead atoms. The highest BCUT2D eigenvalue weighted by atomic mass is 16.1. The number of nitrogens with one attached hydrogen (secondary N) is 2. The maximum atomic E-state index is 11.9. The molecule has 110 valence electrons. The van der Waals surface area contributed by atoms with Crippen molar-refractivity contribution in [3.05, 3.63) is 41.7 Å². The van der Waals surface area contributed by atoms with Crippen molar-refractivity contribution in [3.8, 4) is 0 Å². The minimum Gasteiger partial charge on any atom is -0.352 e. The van der Waals surface area contributed by atoms with Crippen molar-refractivity contribution in [1.82, 2.24) is 20.2 Å². The summed E-state index contributed by atoms with van der Waals surface area (Å²) < 4.78 is 2.13. The summed E-state index contributed by atoms with van der Waals surface area (Å²) in [6.45, 7) is 5.14. The van der Waals surface area contributed by atoms with Gasteiger partial charge in [-0.1, -0.05) is 12.1 Å². The molecule has 0 unspecified atom stereocenters. The van der Waals surface area contributed by atoms with E-state index in [2.05, 4.69) is 26.3 Å². The van der Waals surface area contributed by atoms with E-state index >= 15 is 0 Å².